The summed E-state index contributed by atoms with van der Waals surface area (Å²) in [7, 11) is 0. The van der Waals surface area contributed by atoms with Gasteiger partial charge in [-0.05, 0) is 137 Å². The summed E-state index contributed by atoms with van der Waals surface area (Å²) in [6.07, 6.45) is 0. The number of hydrogen-bond acceptors (Lipinski definition) is 2. The van der Waals surface area contributed by atoms with Crippen molar-refractivity contribution in [2.75, 3.05) is 9.44 Å². The number of hydrogen-bond donors (Lipinski definition) is 0. The first-order chi connectivity index (χ1) is 31.6. The third-order valence-corrected chi connectivity index (χ3v) is 15.4. The Morgan fingerprint density at radius 1 is 0.266 bits per heavy atom. The van der Waals surface area contributed by atoms with Gasteiger partial charge in [0.05, 0.1) is 0 Å². The van der Waals surface area contributed by atoms with Crippen molar-refractivity contribution in [3.63, 3.8) is 0 Å². The quantitative estimate of drug-likeness (QED) is 0.145. The molecular formula is C58H38B4N2. The summed E-state index contributed by atoms with van der Waals surface area (Å²) in [5.74, 6) is 0. The van der Waals surface area contributed by atoms with Crippen molar-refractivity contribution in [3.8, 4) is 44.5 Å². The van der Waals surface area contributed by atoms with Crippen LogP contribution in [0.25, 0.3) is 66.1 Å². The van der Waals surface area contributed by atoms with Gasteiger partial charge in [0.2, 0.25) is 0 Å². The highest BCUT2D eigenvalue weighted by Gasteiger charge is 2.52. The standard InChI is InChI=1S/2C29H19B2N/c2*1-18-16-22-20-10-2-4-12-24(20)30-26-14-6-8-19-9-7-15-27(28(19)26)31-25-13-5-3-11-21(25)23(17-18)29(22)32(30)31/h2*2-17H,1H3. The van der Waals surface area contributed by atoms with E-state index >= 15 is 0 Å². The normalized spacial score (nSPS) is 14.2. The Kier molecular flexibility index (Phi) is 6.91. The lowest BCUT2D eigenvalue weighted by atomic mass is 9.30. The second kappa shape index (κ2) is 12.6. The molecule has 0 N–H and O–H groups in total. The summed E-state index contributed by atoms with van der Waals surface area (Å²) < 4.78 is 5.46. The first-order valence-corrected chi connectivity index (χ1v) is 22.9. The molecule has 64 heavy (non-hydrogen) atoms. The molecule has 0 amide bonds. The molecule has 10 aromatic rings. The number of benzene rings is 10. The third-order valence-electron chi connectivity index (χ3n) is 15.4. The van der Waals surface area contributed by atoms with Crippen LogP contribution < -0.4 is 53.1 Å². The first-order valence-electron chi connectivity index (χ1n) is 22.9. The van der Waals surface area contributed by atoms with Crippen molar-refractivity contribution in [1.82, 2.24) is 0 Å². The van der Waals surface area contributed by atoms with Crippen molar-refractivity contribution < 1.29 is 0 Å². The van der Waals surface area contributed by atoms with Crippen LogP contribution in [0.5, 0.6) is 0 Å². The van der Waals surface area contributed by atoms with Crippen LogP contribution in [-0.2, 0) is 0 Å². The first kappa shape index (κ1) is 35.1. The van der Waals surface area contributed by atoms with Crippen molar-refractivity contribution in [2.45, 2.75) is 13.8 Å². The molecule has 0 aliphatic carbocycles. The Labute approximate surface area is 375 Å². The molecule has 0 aromatic heterocycles. The van der Waals surface area contributed by atoms with Crippen LogP contribution in [0.2, 0.25) is 0 Å². The van der Waals surface area contributed by atoms with Gasteiger partial charge in [-0.2, -0.15) is 0 Å². The van der Waals surface area contributed by atoms with Crippen LogP contribution in [0.3, 0.4) is 0 Å². The van der Waals surface area contributed by atoms with Crippen molar-refractivity contribution >= 4 is 104 Å². The fourth-order valence-corrected chi connectivity index (χ4v) is 13.3. The molecule has 6 aliphatic heterocycles. The summed E-state index contributed by atoms with van der Waals surface area (Å²) >= 11 is 0. The fraction of sp³-hybridized carbons (Fsp3) is 0.0345. The Balaban J connectivity index is 0.000000119. The van der Waals surface area contributed by atoms with Gasteiger partial charge in [0.15, 0.2) is 0 Å². The molecule has 0 saturated heterocycles. The van der Waals surface area contributed by atoms with Crippen LogP contribution in [0.4, 0.5) is 11.4 Å². The molecule has 0 saturated carbocycles. The van der Waals surface area contributed by atoms with E-state index in [1.54, 1.807) is 0 Å². The molecule has 0 bridgehead atoms. The van der Waals surface area contributed by atoms with Crippen LogP contribution in [0, 0.1) is 13.8 Å². The molecule has 6 heterocycles. The highest BCUT2D eigenvalue weighted by atomic mass is 15.0. The zero-order chi connectivity index (χ0) is 41.9. The van der Waals surface area contributed by atoms with E-state index < -0.39 is 0 Å². The van der Waals surface area contributed by atoms with Gasteiger partial charge in [0.25, 0.3) is 0 Å². The van der Waals surface area contributed by atoms with Crippen molar-refractivity contribution in [1.29, 1.82) is 0 Å². The minimum Gasteiger partial charge on any atom is -0.444 e. The van der Waals surface area contributed by atoms with Crippen LogP contribution in [0.1, 0.15) is 11.1 Å². The highest BCUT2D eigenvalue weighted by Crippen LogP contribution is 2.48. The van der Waals surface area contributed by atoms with Gasteiger partial charge in [-0.1, -0.05) is 170 Å². The molecule has 6 aliphatic rings. The lowest BCUT2D eigenvalue weighted by molar-refractivity contribution is 1.39. The molecule has 10 aromatic carbocycles. The van der Waals surface area contributed by atoms with Crippen LogP contribution in [0.15, 0.2) is 194 Å². The SMILES string of the molecule is Cc1cc2c3c(c1)-c1ccccc1B1c4cccc5cccc(c45)B(c4ccccc4-2)N13.Cc1cc2c3c(c1)-c1ccccc1B1c4cccc5cccc(c45)B(c4ccccc4-2)N13. The topological polar surface area (TPSA) is 6.48 Å². The molecule has 292 valence electrons. The number of aryl methyl sites for hydroxylation is 2. The maximum Gasteiger partial charge on any atom is 0.312 e. The van der Waals surface area contributed by atoms with Crippen LogP contribution >= 0.6 is 0 Å². The molecule has 0 fully saturated rings. The number of rotatable bonds is 0. The molecule has 0 unspecified atom stereocenters. The van der Waals surface area contributed by atoms with E-state index in [2.05, 4.69) is 217 Å². The number of nitrogens with zero attached hydrogens (tertiary/aromatic N) is 2. The Morgan fingerprint density at radius 3 is 0.797 bits per heavy atom. The number of anilines is 2. The lowest BCUT2D eigenvalue weighted by Crippen LogP contribution is -2.75. The second-order valence-corrected chi connectivity index (χ2v) is 18.8. The summed E-state index contributed by atoms with van der Waals surface area (Å²) in [6, 6.07) is 73.2. The average molecular weight is 806 g/mol. The Bertz CT molecular complexity index is 3260. The molecular weight excluding hydrogens is 768 g/mol. The van der Waals surface area contributed by atoms with Crippen LogP contribution in [-0.4, -0.2) is 27.4 Å². The summed E-state index contributed by atoms with van der Waals surface area (Å²) in [5, 5.41) is 5.56. The average Bonchev–Trinajstić information content (AvgIpc) is 3.34. The predicted molar refractivity (Wildman–Crippen MR) is 277 cm³/mol. The van der Waals surface area contributed by atoms with E-state index in [0.717, 1.165) is 0 Å². The fourth-order valence-electron chi connectivity index (χ4n) is 13.3. The monoisotopic (exact) mass is 806 g/mol. The maximum atomic E-state index is 2.73. The molecule has 2 nitrogen and oxygen atoms in total. The van der Waals surface area contributed by atoms with Gasteiger partial charge < -0.3 is 9.44 Å². The predicted octanol–water partition coefficient (Wildman–Crippen LogP) is 7.68. The Hall–Kier alpha value is -7.42. The third kappa shape index (κ3) is 4.41. The van der Waals surface area contributed by atoms with Gasteiger partial charge in [-0.25, -0.2) is 0 Å². The molecule has 0 spiro atoms. The zero-order valence-electron chi connectivity index (χ0n) is 35.7. The van der Waals surface area contributed by atoms with Crippen molar-refractivity contribution in [2.24, 2.45) is 0 Å². The summed E-state index contributed by atoms with van der Waals surface area (Å²) in [4.78, 5) is 0. The molecule has 6 heteroatoms. The minimum absolute atomic E-state index is 0.220. The zero-order valence-corrected chi connectivity index (χ0v) is 35.7. The van der Waals surface area contributed by atoms with E-state index in [-0.39, 0.29) is 27.4 Å². The van der Waals surface area contributed by atoms with Gasteiger partial charge >= 0.3 is 27.4 Å². The summed E-state index contributed by atoms with van der Waals surface area (Å²) in [5.41, 5.74) is 27.8. The van der Waals surface area contributed by atoms with E-state index in [4.69, 9.17) is 0 Å². The largest absolute Gasteiger partial charge is 0.444 e. The summed E-state index contributed by atoms with van der Waals surface area (Å²) in [6.45, 7) is 5.34. The second-order valence-electron chi connectivity index (χ2n) is 18.8. The van der Waals surface area contributed by atoms with E-state index in [1.165, 1.54) is 132 Å². The van der Waals surface area contributed by atoms with Gasteiger partial charge in [0, 0.05) is 33.6 Å². The van der Waals surface area contributed by atoms with Gasteiger partial charge in [0.1, 0.15) is 0 Å². The minimum atomic E-state index is 0.220. The smallest absolute Gasteiger partial charge is 0.312 e. The van der Waals surface area contributed by atoms with Gasteiger partial charge in [-0.15, -0.1) is 0 Å². The maximum absolute atomic E-state index is 2.73. The number of fused-ring (bicyclic) bond motifs is 16. The molecule has 0 radical (unpaired) electrons. The van der Waals surface area contributed by atoms with Crippen molar-refractivity contribution in [3.05, 3.63) is 205 Å². The molecule has 16 rings (SSSR count). The van der Waals surface area contributed by atoms with E-state index in [0.29, 0.717) is 0 Å². The lowest BCUT2D eigenvalue weighted by Gasteiger charge is -2.50. The van der Waals surface area contributed by atoms with E-state index in [9.17, 15) is 0 Å². The van der Waals surface area contributed by atoms with E-state index in [1.807, 2.05) is 0 Å². The Morgan fingerprint density at radius 2 is 0.516 bits per heavy atom. The molecule has 0 atom stereocenters. The highest BCUT2D eigenvalue weighted by molar-refractivity contribution is 7.12. The van der Waals surface area contributed by atoms with Gasteiger partial charge in [-0.3, -0.25) is 0 Å².